The smallest absolute Gasteiger partial charge is 0.0320 e. The Bertz CT molecular complexity index is 103. The minimum atomic E-state index is 0.878. The summed E-state index contributed by atoms with van der Waals surface area (Å²) in [6.45, 7) is 10.8. The zero-order valence-corrected chi connectivity index (χ0v) is 8.32. The Morgan fingerprint density at radius 2 is 1.91 bits per heavy atom. The molecule has 0 nitrogen and oxygen atoms in total. The molecule has 0 rings (SSSR count). The van der Waals surface area contributed by atoms with E-state index >= 15 is 0 Å². The van der Waals surface area contributed by atoms with Gasteiger partial charge in [-0.05, 0) is 25.2 Å². The molecule has 0 aliphatic heterocycles. The lowest BCUT2D eigenvalue weighted by Crippen LogP contribution is -1.92. The van der Waals surface area contributed by atoms with Gasteiger partial charge in [-0.25, -0.2) is 0 Å². The number of hydrogen-bond acceptors (Lipinski definition) is 0. The van der Waals surface area contributed by atoms with Crippen molar-refractivity contribution in [3.63, 3.8) is 0 Å². The first kappa shape index (κ1) is 10.7. The van der Waals surface area contributed by atoms with E-state index in [9.17, 15) is 0 Å². The summed E-state index contributed by atoms with van der Waals surface area (Å²) in [7, 11) is 0. The van der Waals surface area contributed by atoms with Crippen LogP contribution in [-0.2, 0) is 0 Å². The molecule has 0 aliphatic carbocycles. The van der Waals surface area contributed by atoms with Crippen LogP contribution in [0, 0.1) is 5.92 Å². The third kappa shape index (κ3) is 6.15. The molecule has 0 spiro atoms. The van der Waals surface area contributed by atoms with Crippen molar-refractivity contribution in [3.8, 4) is 0 Å². The summed E-state index contributed by atoms with van der Waals surface area (Å²) in [6.07, 6.45) is 6.34. The van der Waals surface area contributed by atoms with Gasteiger partial charge in [0.05, 0.1) is 0 Å². The third-order valence-electron chi connectivity index (χ3n) is 2.29. The average Bonchev–Trinajstić information content (AvgIpc) is 2.01. The lowest BCUT2D eigenvalue weighted by atomic mass is 9.98. The maximum atomic E-state index is 4.05. The van der Waals surface area contributed by atoms with Crippen molar-refractivity contribution >= 4 is 0 Å². The molecule has 0 saturated carbocycles. The minimum Gasteiger partial charge on any atom is -0.0999 e. The number of hydrogen-bond donors (Lipinski definition) is 0. The second kappa shape index (κ2) is 6.45. The van der Waals surface area contributed by atoms with E-state index in [4.69, 9.17) is 0 Å². The van der Waals surface area contributed by atoms with Crippen LogP contribution >= 0.6 is 0 Å². The maximum Gasteiger partial charge on any atom is -0.0320 e. The molecular formula is C11H22. The SMILES string of the molecule is C=C(CCC)CCC(C)CC. The molecule has 0 saturated heterocycles. The Morgan fingerprint density at radius 3 is 2.36 bits per heavy atom. The van der Waals surface area contributed by atoms with Gasteiger partial charge in [-0.15, -0.1) is 0 Å². The molecule has 0 heteroatoms. The van der Waals surface area contributed by atoms with Gasteiger partial charge in [-0.3, -0.25) is 0 Å². The fraction of sp³-hybridized carbons (Fsp3) is 0.818. The lowest BCUT2D eigenvalue weighted by Gasteiger charge is -2.08. The van der Waals surface area contributed by atoms with Crippen molar-refractivity contribution in [2.45, 2.75) is 52.9 Å². The van der Waals surface area contributed by atoms with Crippen molar-refractivity contribution in [2.75, 3.05) is 0 Å². The van der Waals surface area contributed by atoms with Crippen LogP contribution in [0.25, 0.3) is 0 Å². The van der Waals surface area contributed by atoms with E-state index < -0.39 is 0 Å². The quantitative estimate of drug-likeness (QED) is 0.504. The van der Waals surface area contributed by atoms with Crippen LogP contribution in [-0.4, -0.2) is 0 Å². The highest BCUT2D eigenvalue weighted by atomic mass is 14.1. The highest BCUT2D eigenvalue weighted by Crippen LogP contribution is 2.16. The summed E-state index contributed by atoms with van der Waals surface area (Å²) in [6, 6.07) is 0. The van der Waals surface area contributed by atoms with Crippen LogP contribution in [0.3, 0.4) is 0 Å². The molecule has 0 fully saturated rings. The molecule has 0 aromatic rings. The van der Waals surface area contributed by atoms with E-state index in [-0.39, 0.29) is 0 Å². The predicted octanol–water partition coefficient (Wildman–Crippen LogP) is 4.17. The van der Waals surface area contributed by atoms with Crippen LogP contribution in [0.4, 0.5) is 0 Å². The largest absolute Gasteiger partial charge is 0.0999 e. The average molecular weight is 154 g/mol. The molecule has 0 radical (unpaired) electrons. The van der Waals surface area contributed by atoms with Crippen LogP contribution in [0.2, 0.25) is 0 Å². The van der Waals surface area contributed by atoms with E-state index in [2.05, 4.69) is 27.4 Å². The Hall–Kier alpha value is -0.260. The minimum absolute atomic E-state index is 0.878. The Labute approximate surface area is 71.7 Å². The van der Waals surface area contributed by atoms with Gasteiger partial charge in [0, 0.05) is 0 Å². The summed E-state index contributed by atoms with van der Waals surface area (Å²) >= 11 is 0. The van der Waals surface area contributed by atoms with E-state index in [1.807, 2.05) is 0 Å². The van der Waals surface area contributed by atoms with Crippen LogP contribution < -0.4 is 0 Å². The first-order chi connectivity index (χ1) is 5.20. The maximum absolute atomic E-state index is 4.05. The van der Waals surface area contributed by atoms with E-state index in [1.165, 1.54) is 37.7 Å². The summed E-state index contributed by atoms with van der Waals surface area (Å²) < 4.78 is 0. The van der Waals surface area contributed by atoms with E-state index in [0.29, 0.717) is 0 Å². The molecule has 1 atom stereocenters. The van der Waals surface area contributed by atoms with Crippen LogP contribution in [0.1, 0.15) is 52.9 Å². The number of allylic oxidation sites excluding steroid dienone is 1. The normalized spacial score (nSPS) is 13.0. The predicted molar refractivity (Wildman–Crippen MR) is 52.7 cm³/mol. The second-order valence-electron chi connectivity index (χ2n) is 3.55. The summed E-state index contributed by atoms with van der Waals surface area (Å²) in [4.78, 5) is 0. The Kier molecular flexibility index (Phi) is 6.30. The Balaban J connectivity index is 3.30. The topological polar surface area (TPSA) is 0 Å². The molecule has 0 aromatic carbocycles. The highest BCUT2D eigenvalue weighted by molar-refractivity contribution is 4.93. The molecule has 66 valence electrons. The van der Waals surface area contributed by atoms with Gasteiger partial charge in [0.1, 0.15) is 0 Å². The van der Waals surface area contributed by atoms with Gasteiger partial charge in [0.2, 0.25) is 0 Å². The Morgan fingerprint density at radius 1 is 1.27 bits per heavy atom. The lowest BCUT2D eigenvalue weighted by molar-refractivity contribution is 0.511. The standard InChI is InChI=1S/C11H22/c1-5-7-11(4)9-8-10(3)6-2/h10H,4-9H2,1-3H3. The molecule has 0 amide bonds. The van der Waals surface area contributed by atoms with Gasteiger partial charge in [0.15, 0.2) is 0 Å². The van der Waals surface area contributed by atoms with Crippen LogP contribution in [0.5, 0.6) is 0 Å². The van der Waals surface area contributed by atoms with Gasteiger partial charge >= 0.3 is 0 Å². The molecule has 0 bridgehead atoms. The van der Waals surface area contributed by atoms with E-state index in [0.717, 1.165) is 5.92 Å². The molecule has 0 aliphatic rings. The second-order valence-corrected chi connectivity index (χ2v) is 3.55. The first-order valence-corrected chi connectivity index (χ1v) is 4.87. The van der Waals surface area contributed by atoms with Gasteiger partial charge < -0.3 is 0 Å². The zero-order chi connectivity index (χ0) is 8.69. The van der Waals surface area contributed by atoms with E-state index in [1.54, 1.807) is 0 Å². The third-order valence-corrected chi connectivity index (χ3v) is 2.29. The monoisotopic (exact) mass is 154 g/mol. The van der Waals surface area contributed by atoms with Crippen molar-refractivity contribution in [3.05, 3.63) is 12.2 Å². The number of rotatable bonds is 6. The molecule has 0 heterocycles. The summed E-state index contributed by atoms with van der Waals surface area (Å²) in [5, 5.41) is 0. The first-order valence-electron chi connectivity index (χ1n) is 4.87. The molecule has 11 heavy (non-hydrogen) atoms. The van der Waals surface area contributed by atoms with Crippen molar-refractivity contribution in [1.29, 1.82) is 0 Å². The molecule has 1 unspecified atom stereocenters. The zero-order valence-electron chi connectivity index (χ0n) is 8.32. The van der Waals surface area contributed by atoms with Crippen molar-refractivity contribution in [2.24, 2.45) is 5.92 Å². The fourth-order valence-electron chi connectivity index (χ4n) is 1.13. The summed E-state index contributed by atoms with van der Waals surface area (Å²) in [5.74, 6) is 0.878. The van der Waals surface area contributed by atoms with Gasteiger partial charge in [0.25, 0.3) is 0 Å². The van der Waals surface area contributed by atoms with Crippen molar-refractivity contribution < 1.29 is 0 Å². The van der Waals surface area contributed by atoms with Crippen LogP contribution in [0.15, 0.2) is 12.2 Å². The molecule has 0 N–H and O–H groups in total. The molecule has 0 aromatic heterocycles. The molecular weight excluding hydrogens is 132 g/mol. The fourth-order valence-corrected chi connectivity index (χ4v) is 1.13. The summed E-state index contributed by atoms with van der Waals surface area (Å²) in [5.41, 5.74) is 1.44. The van der Waals surface area contributed by atoms with Gasteiger partial charge in [-0.2, -0.15) is 0 Å². The van der Waals surface area contributed by atoms with Gasteiger partial charge in [-0.1, -0.05) is 45.8 Å². The highest BCUT2D eigenvalue weighted by Gasteiger charge is 1.99. The van der Waals surface area contributed by atoms with Crippen molar-refractivity contribution in [1.82, 2.24) is 0 Å².